The smallest absolute Gasteiger partial charge is 0.337 e. The van der Waals surface area contributed by atoms with E-state index in [1.54, 1.807) is 0 Å². The Kier molecular flexibility index (Phi) is 4.65. The van der Waals surface area contributed by atoms with E-state index in [0.29, 0.717) is 0 Å². The van der Waals surface area contributed by atoms with E-state index >= 15 is 0 Å². The average Bonchev–Trinajstić information content (AvgIpc) is 2.28. The second-order valence-electron chi connectivity index (χ2n) is 3.90. The van der Waals surface area contributed by atoms with E-state index in [9.17, 15) is 14.0 Å². The highest BCUT2D eigenvalue weighted by atomic mass is 19.1. The summed E-state index contributed by atoms with van der Waals surface area (Å²) in [5, 5.41) is 13.8. The summed E-state index contributed by atoms with van der Waals surface area (Å²) in [5.41, 5.74) is -0.223. The monoisotopic (exact) mass is 254 g/mol. The molecule has 1 atom stereocenters. The SMILES string of the molecule is CCC(C)NC(=O)Nc1cc(F)ccc1C(=O)O. The van der Waals surface area contributed by atoms with E-state index in [1.165, 1.54) is 0 Å². The molecule has 0 saturated carbocycles. The average molecular weight is 254 g/mol. The predicted molar refractivity (Wildman–Crippen MR) is 65.3 cm³/mol. The molecule has 1 unspecified atom stereocenters. The van der Waals surface area contributed by atoms with Crippen molar-refractivity contribution in [3.05, 3.63) is 29.6 Å². The third-order valence-corrected chi connectivity index (χ3v) is 2.45. The van der Waals surface area contributed by atoms with Gasteiger partial charge in [-0.25, -0.2) is 14.0 Å². The first kappa shape index (κ1) is 14.0. The number of amides is 2. The fourth-order valence-electron chi connectivity index (χ4n) is 1.29. The zero-order valence-electron chi connectivity index (χ0n) is 10.2. The number of anilines is 1. The van der Waals surface area contributed by atoms with Gasteiger partial charge < -0.3 is 15.7 Å². The Balaban J connectivity index is 2.86. The van der Waals surface area contributed by atoms with Crippen molar-refractivity contribution in [1.82, 2.24) is 5.32 Å². The molecule has 1 aromatic rings. The minimum Gasteiger partial charge on any atom is -0.478 e. The van der Waals surface area contributed by atoms with Gasteiger partial charge in [0.1, 0.15) is 5.82 Å². The molecule has 2 amide bonds. The van der Waals surface area contributed by atoms with Gasteiger partial charge in [-0.05, 0) is 31.5 Å². The van der Waals surface area contributed by atoms with Crippen molar-refractivity contribution in [3.63, 3.8) is 0 Å². The second kappa shape index (κ2) is 6.00. The van der Waals surface area contributed by atoms with Crippen LogP contribution in [0.1, 0.15) is 30.6 Å². The highest BCUT2D eigenvalue weighted by Gasteiger charge is 2.14. The molecule has 0 aliphatic heterocycles. The largest absolute Gasteiger partial charge is 0.478 e. The lowest BCUT2D eigenvalue weighted by molar-refractivity contribution is 0.0698. The van der Waals surface area contributed by atoms with Crippen LogP contribution >= 0.6 is 0 Å². The van der Waals surface area contributed by atoms with Gasteiger partial charge in [-0.15, -0.1) is 0 Å². The van der Waals surface area contributed by atoms with E-state index in [0.717, 1.165) is 24.6 Å². The number of carbonyl (C=O) groups is 2. The van der Waals surface area contributed by atoms with E-state index in [1.807, 2.05) is 13.8 Å². The molecule has 0 bridgehead atoms. The van der Waals surface area contributed by atoms with Gasteiger partial charge in [0.05, 0.1) is 11.3 Å². The summed E-state index contributed by atoms with van der Waals surface area (Å²) in [7, 11) is 0. The van der Waals surface area contributed by atoms with Gasteiger partial charge in [0.15, 0.2) is 0 Å². The summed E-state index contributed by atoms with van der Waals surface area (Å²) in [4.78, 5) is 22.4. The number of carboxylic acid groups (broad SMARTS) is 1. The summed E-state index contributed by atoms with van der Waals surface area (Å²) in [6.45, 7) is 3.71. The topological polar surface area (TPSA) is 78.4 Å². The van der Waals surface area contributed by atoms with Crippen molar-refractivity contribution in [1.29, 1.82) is 0 Å². The Hall–Kier alpha value is -2.11. The van der Waals surface area contributed by atoms with Crippen LogP contribution in [0.15, 0.2) is 18.2 Å². The number of carboxylic acids is 1. The summed E-state index contributed by atoms with van der Waals surface area (Å²) in [5.74, 6) is -1.84. The fourth-order valence-corrected chi connectivity index (χ4v) is 1.29. The Labute approximate surface area is 104 Å². The molecule has 18 heavy (non-hydrogen) atoms. The van der Waals surface area contributed by atoms with Crippen molar-refractivity contribution < 1.29 is 19.1 Å². The molecule has 98 valence electrons. The Morgan fingerprint density at radius 1 is 1.44 bits per heavy atom. The van der Waals surface area contributed by atoms with E-state index in [4.69, 9.17) is 5.11 Å². The van der Waals surface area contributed by atoms with Crippen molar-refractivity contribution in [2.45, 2.75) is 26.3 Å². The number of aromatic carboxylic acids is 1. The maximum atomic E-state index is 13.0. The number of urea groups is 1. The molecule has 0 aliphatic carbocycles. The molecule has 5 nitrogen and oxygen atoms in total. The lowest BCUT2D eigenvalue weighted by Crippen LogP contribution is -2.36. The summed E-state index contributed by atoms with van der Waals surface area (Å²) >= 11 is 0. The van der Waals surface area contributed by atoms with Crippen LogP contribution in [0, 0.1) is 5.82 Å². The molecule has 1 rings (SSSR count). The predicted octanol–water partition coefficient (Wildman–Crippen LogP) is 2.44. The van der Waals surface area contributed by atoms with Gasteiger partial charge in [-0.2, -0.15) is 0 Å². The summed E-state index contributed by atoms with van der Waals surface area (Å²) in [6.07, 6.45) is 0.738. The molecule has 0 spiro atoms. The van der Waals surface area contributed by atoms with Crippen LogP contribution in [0.25, 0.3) is 0 Å². The van der Waals surface area contributed by atoms with Gasteiger partial charge in [0, 0.05) is 6.04 Å². The number of hydrogen-bond acceptors (Lipinski definition) is 2. The quantitative estimate of drug-likeness (QED) is 0.772. The summed E-state index contributed by atoms with van der Waals surface area (Å²) < 4.78 is 13.0. The molecule has 3 N–H and O–H groups in total. The number of benzene rings is 1. The molecule has 6 heteroatoms. The highest BCUT2D eigenvalue weighted by Crippen LogP contribution is 2.17. The van der Waals surface area contributed by atoms with Crippen molar-refractivity contribution in [2.75, 3.05) is 5.32 Å². The minimum absolute atomic E-state index is 0.0492. The maximum absolute atomic E-state index is 13.0. The lowest BCUT2D eigenvalue weighted by Gasteiger charge is -2.13. The third-order valence-electron chi connectivity index (χ3n) is 2.45. The zero-order chi connectivity index (χ0) is 13.7. The van der Waals surface area contributed by atoms with Gasteiger partial charge >= 0.3 is 12.0 Å². The number of nitrogens with one attached hydrogen (secondary N) is 2. The molecular formula is C12H15FN2O3. The number of rotatable bonds is 4. The molecule has 0 saturated heterocycles. The summed E-state index contributed by atoms with van der Waals surface area (Å²) in [6, 6.07) is 2.50. The van der Waals surface area contributed by atoms with Crippen LogP contribution in [-0.4, -0.2) is 23.1 Å². The Bertz CT molecular complexity index is 463. The van der Waals surface area contributed by atoms with Gasteiger partial charge in [0.2, 0.25) is 0 Å². The molecule has 0 aromatic heterocycles. The van der Waals surface area contributed by atoms with Crippen molar-refractivity contribution >= 4 is 17.7 Å². The molecule has 0 radical (unpaired) electrons. The van der Waals surface area contributed by atoms with Gasteiger partial charge in [-0.3, -0.25) is 0 Å². The molecular weight excluding hydrogens is 239 g/mol. The van der Waals surface area contributed by atoms with Crippen LogP contribution in [0.4, 0.5) is 14.9 Å². The number of hydrogen-bond donors (Lipinski definition) is 3. The second-order valence-corrected chi connectivity index (χ2v) is 3.90. The van der Waals surface area contributed by atoms with E-state index in [-0.39, 0.29) is 17.3 Å². The van der Waals surface area contributed by atoms with Crippen LogP contribution in [-0.2, 0) is 0 Å². The lowest BCUT2D eigenvalue weighted by atomic mass is 10.1. The molecule has 0 fully saturated rings. The van der Waals surface area contributed by atoms with Gasteiger partial charge in [0.25, 0.3) is 0 Å². The van der Waals surface area contributed by atoms with Crippen LogP contribution in [0.2, 0.25) is 0 Å². The first-order valence-electron chi connectivity index (χ1n) is 5.54. The zero-order valence-corrected chi connectivity index (χ0v) is 10.2. The highest BCUT2D eigenvalue weighted by molar-refractivity contribution is 6.00. The Morgan fingerprint density at radius 2 is 2.11 bits per heavy atom. The number of carbonyl (C=O) groups excluding carboxylic acids is 1. The van der Waals surface area contributed by atoms with E-state index in [2.05, 4.69) is 10.6 Å². The Morgan fingerprint density at radius 3 is 2.67 bits per heavy atom. The van der Waals surface area contributed by atoms with Crippen molar-refractivity contribution in [3.8, 4) is 0 Å². The first-order valence-corrected chi connectivity index (χ1v) is 5.54. The van der Waals surface area contributed by atoms with Gasteiger partial charge in [-0.1, -0.05) is 6.92 Å². The van der Waals surface area contributed by atoms with E-state index < -0.39 is 17.8 Å². The molecule has 0 heterocycles. The van der Waals surface area contributed by atoms with Crippen LogP contribution in [0.3, 0.4) is 0 Å². The fraction of sp³-hybridized carbons (Fsp3) is 0.333. The molecule has 0 aliphatic rings. The standard InChI is InChI=1S/C12H15FN2O3/c1-3-7(2)14-12(18)15-10-6-8(13)4-5-9(10)11(16)17/h4-7H,3H2,1-2H3,(H,16,17)(H2,14,15,18). The van der Waals surface area contributed by atoms with Crippen LogP contribution < -0.4 is 10.6 Å². The first-order chi connectivity index (χ1) is 8.43. The van der Waals surface area contributed by atoms with Crippen molar-refractivity contribution in [2.24, 2.45) is 0 Å². The third kappa shape index (κ3) is 3.73. The molecule has 1 aromatic carbocycles. The maximum Gasteiger partial charge on any atom is 0.337 e. The number of halogens is 1. The minimum atomic E-state index is -1.23. The van der Waals surface area contributed by atoms with Crippen LogP contribution in [0.5, 0.6) is 0 Å². The normalized spacial score (nSPS) is 11.7.